The number of aromatic nitrogens is 4. The molecule has 0 amide bonds. The molecule has 1 atom stereocenters. The Hall–Kier alpha value is -1.93. The van der Waals surface area contributed by atoms with E-state index < -0.39 is 17.9 Å². The van der Waals surface area contributed by atoms with Crippen molar-refractivity contribution in [1.29, 1.82) is 0 Å². The first-order valence-electron chi connectivity index (χ1n) is 5.67. The van der Waals surface area contributed by atoms with Crippen LogP contribution < -0.4 is 11.3 Å². The van der Waals surface area contributed by atoms with Crippen molar-refractivity contribution < 1.29 is 10.2 Å². The number of anilines is 1. The highest BCUT2D eigenvalue weighted by atomic mass is 16.5. The number of aromatic amines is 1. The van der Waals surface area contributed by atoms with Gasteiger partial charge in [-0.05, 0) is 18.8 Å². The molecule has 18 heavy (non-hydrogen) atoms. The zero-order valence-corrected chi connectivity index (χ0v) is 9.45. The molecule has 1 aliphatic carbocycles. The Morgan fingerprint density at radius 1 is 1.50 bits per heavy atom. The van der Waals surface area contributed by atoms with Crippen molar-refractivity contribution in [2.75, 3.05) is 5.73 Å². The van der Waals surface area contributed by atoms with Gasteiger partial charge < -0.3 is 20.9 Å². The number of H-pyrrole nitrogens is 1. The second kappa shape index (κ2) is 3.79. The second-order valence-electron chi connectivity index (χ2n) is 4.49. The van der Waals surface area contributed by atoms with Gasteiger partial charge in [-0.3, -0.25) is 9.36 Å². The second-order valence-corrected chi connectivity index (χ2v) is 4.49. The van der Waals surface area contributed by atoms with Crippen LogP contribution in [0.25, 0.3) is 11.2 Å². The summed E-state index contributed by atoms with van der Waals surface area (Å²) in [5.41, 5.74) is 5.73. The fourth-order valence-electron chi connectivity index (χ4n) is 2.23. The van der Waals surface area contributed by atoms with Gasteiger partial charge >= 0.3 is 0 Å². The molecule has 96 valence electrons. The number of hydrogen-bond donors (Lipinski definition) is 4. The average molecular weight is 251 g/mol. The van der Waals surface area contributed by atoms with E-state index in [0.29, 0.717) is 5.65 Å². The van der Waals surface area contributed by atoms with E-state index >= 15 is 0 Å². The van der Waals surface area contributed by atoms with E-state index in [2.05, 4.69) is 15.0 Å². The van der Waals surface area contributed by atoms with Gasteiger partial charge in [0, 0.05) is 0 Å². The summed E-state index contributed by atoms with van der Waals surface area (Å²) < 4.78 is 1.13. The molecule has 0 spiro atoms. The van der Waals surface area contributed by atoms with Gasteiger partial charge in [0.2, 0.25) is 5.95 Å². The van der Waals surface area contributed by atoms with Gasteiger partial charge in [-0.25, -0.2) is 4.98 Å². The Kier molecular flexibility index (Phi) is 2.35. The van der Waals surface area contributed by atoms with Gasteiger partial charge in [-0.15, -0.1) is 0 Å². The highest BCUT2D eigenvalue weighted by molar-refractivity contribution is 5.69. The van der Waals surface area contributed by atoms with Crippen molar-refractivity contribution in [3.8, 4) is 0 Å². The number of fused-ring (bicyclic) bond motifs is 1. The van der Waals surface area contributed by atoms with E-state index in [1.54, 1.807) is 0 Å². The maximum atomic E-state index is 12.2. The van der Waals surface area contributed by atoms with Crippen molar-refractivity contribution >= 4 is 17.1 Å². The normalized spacial score (nSPS) is 17.5. The van der Waals surface area contributed by atoms with Crippen LogP contribution in [0.3, 0.4) is 0 Å². The molecule has 5 N–H and O–H groups in total. The lowest BCUT2D eigenvalue weighted by Gasteiger charge is -2.22. The van der Waals surface area contributed by atoms with Crippen LogP contribution in [0.4, 0.5) is 5.95 Å². The molecule has 0 bridgehead atoms. The van der Waals surface area contributed by atoms with E-state index in [4.69, 9.17) is 5.73 Å². The lowest BCUT2D eigenvalue weighted by Crippen LogP contribution is -2.36. The first kappa shape index (κ1) is 11.2. The Balaban J connectivity index is 2.23. The molecule has 2 heterocycles. The van der Waals surface area contributed by atoms with Crippen molar-refractivity contribution in [3.63, 3.8) is 0 Å². The summed E-state index contributed by atoms with van der Waals surface area (Å²) in [6, 6.07) is -0.758. The minimum atomic E-state index is -1.64. The fraction of sp³-hybridized carbons (Fsp3) is 0.500. The van der Waals surface area contributed by atoms with E-state index in [1.165, 1.54) is 6.33 Å². The van der Waals surface area contributed by atoms with Gasteiger partial charge in [0.25, 0.3) is 5.56 Å². The molecule has 1 aliphatic rings. The number of nitrogens with two attached hydrogens (primary N) is 1. The molecule has 0 aliphatic heterocycles. The third kappa shape index (κ3) is 1.57. The molecule has 8 heteroatoms. The zero-order chi connectivity index (χ0) is 12.9. The smallest absolute Gasteiger partial charge is 0.283 e. The molecule has 1 fully saturated rings. The molecule has 3 rings (SSSR count). The standard InChI is InChI=1S/C10H13N5O3/c11-10-14-7-5(12-3-13-7)8(16)15(10)6(9(17)18)4-1-2-4/h3-4,6,9,17-18H,1-2H2,(H2,11,14)(H,12,13). The minimum Gasteiger partial charge on any atom is -0.369 e. The Morgan fingerprint density at radius 3 is 2.83 bits per heavy atom. The SMILES string of the molecule is Nc1nc2[nH]cnc2c(=O)n1C(C(O)O)C1CC1. The van der Waals surface area contributed by atoms with Crippen molar-refractivity contribution in [3.05, 3.63) is 16.7 Å². The topological polar surface area (TPSA) is 130 Å². The van der Waals surface area contributed by atoms with Crippen molar-refractivity contribution in [2.45, 2.75) is 25.2 Å². The molecule has 0 saturated heterocycles. The highest BCUT2D eigenvalue weighted by Crippen LogP contribution is 2.41. The number of aliphatic hydroxyl groups is 2. The third-order valence-corrected chi connectivity index (χ3v) is 3.22. The Morgan fingerprint density at radius 2 is 2.22 bits per heavy atom. The number of nitrogens with one attached hydrogen (secondary N) is 1. The number of aliphatic hydroxyl groups excluding tert-OH is 1. The van der Waals surface area contributed by atoms with Crippen LogP contribution in [0.5, 0.6) is 0 Å². The number of nitrogens with zero attached hydrogens (tertiary/aromatic N) is 3. The summed E-state index contributed by atoms with van der Waals surface area (Å²) >= 11 is 0. The van der Waals surface area contributed by atoms with Crippen LogP contribution in [-0.2, 0) is 0 Å². The number of imidazole rings is 1. The monoisotopic (exact) mass is 251 g/mol. The fourth-order valence-corrected chi connectivity index (χ4v) is 2.23. The predicted octanol–water partition coefficient (Wildman–Crippen LogP) is -1.04. The van der Waals surface area contributed by atoms with E-state index in [0.717, 1.165) is 17.4 Å². The van der Waals surface area contributed by atoms with Crippen molar-refractivity contribution in [2.24, 2.45) is 5.92 Å². The zero-order valence-electron chi connectivity index (χ0n) is 9.45. The highest BCUT2D eigenvalue weighted by Gasteiger charge is 2.38. The maximum Gasteiger partial charge on any atom is 0.283 e. The van der Waals surface area contributed by atoms with Crippen LogP contribution in [0.15, 0.2) is 11.1 Å². The first-order valence-corrected chi connectivity index (χ1v) is 5.67. The molecular weight excluding hydrogens is 238 g/mol. The molecule has 2 aromatic heterocycles. The van der Waals surface area contributed by atoms with Crippen LogP contribution >= 0.6 is 0 Å². The third-order valence-electron chi connectivity index (χ3n) is 3.22. The van der Waals surface area contributed by atoms with Gasteiger partial charge in [-0.2, -0.15) is 4.98 Å². The quantitative estimate of drug-likeness (QED) is 0.516. The average Bonchev–Trinajstić information content (AvgIpc) is 3.02. The van der Waals surface area contributed by atoms with Crippen LogP contribution in [0.2, 0.25) is 0 Å². The number of hydrogen-bond acceptors (Lipinski definition) is 6. The van der Waals surface area contributed by atoms with Crippen LogP contribution in [-0.4, -0.2) is 36.0 Å². The van der Waals surface area contributed by atoms with E-state index in [9.17, 15) is 15.0 Å². The molecule has 1 unspecified atom stereocenters. The van der Waals surface area contributed by atoms with Crippen LogP contribution in [0.1, 0.15) is 18.9 Å². The van der Waals surface area contributed by atoms with Crippen LogP contribution in [0, 0.1) is 5.92 Å². The van der Waals surface area contributed by atoms with Crippen molar-refractivity contribution in [1.82, 2.24) is 19.5 Å². The van der Waals surface area contributed by atoms with Gasteiger partial charge in [0.1, 0.15) is 0 Å². The molecule has 0 radical (unpaired) electrons. The number of rotatable bonds is 3. The molecular formula is C10H13N5O3. The van der Waals surface area contributed by atoms with Gasteiger partial charge in [-0.1, -0.05) is 0 Å². The van der Waals surface area contributed by atoms with Gasteiger partial charge in [0.15, 0.2) is 17.5 Å². The largest absolute Gasteiger partial charge is 0.369 e. The molecule has 1 saturated carbocycles. The lowest BCUT2D eigenvalue weighted by molar-refractivity contribution is -0.0843. The Bertz CT molecular complexity index is 640. The van der Waals surface area contributed by atoms with E-state index in [1.807, 2.05) is 0 Å². The summed E-state index contributed by atoms with van der Waals surface area (Å²) in [7, 11) is 0. The maximum absolute atomic E-state index is 12.2. The summed E-state index contributed by atoms with van der Waals surface area (Å²) in [6.07, 6.45) is 1.39. The minimum absolute atomic E-state index is 0.0400. The van der Waals surface area contributed by atoms with E-state index in [-0.39, 0.29) is 17.4 Å². The summed E-state index contributed by atoms with van der Waals surface area (Å²) in [4.78, 5) is 22.8. The summed E-state index contributed by atoms with van der Waals surface area (Å²) in [6.45, 7) is 0. The number of nitrogen functional groups attached to an aromatic ring is 1. The molecule has 0 aromatic carbocycles. The first-order chi connectivity index (χ1) is 8.59. The van der Waals surface area contributed by atoms with Gasteiger partial charge in [0.05, 0.1) is 12.4 Å². The molecule has 2 aromatic rings. The summed E-state index contributed by atoms with van der Waals surface area (Å²) in [5.74, 6) is 0.00458. The lowest BCUT2D eigenvalue weighted by atomic mass is 10.1. The Labute approximate surface area is 101 Å². The summed E-state index contributed by atoms with van der Waals surface area (Å²) in [5, 5.41) is 18.9. The molecule has 8 nitrogen and oxygen atoms in total. The predicted molar refractivity (Wildman–Crippen MR) is 62.5 cm³/mol.